The van der Waals surface area contributed by atoms with Crippen LogP contribution in [-0.2, 0) is 17.6 Å². The lowest BCUT2D eigenvalue weighted by atomic mass is 9.86. The Labute approximate surface area is 135 Å². The predicted molar refractivity (Wildman–Crippen MR) is 89.7 cm³/mol. The van der Waals surface area contributed by atoms with Gasteiger partial charge in [-0.3, -0.25) is 4.79 Å². The number of aromatic nitrogens is 1. The normalized spacial score (nSPS) is 13.0. The number of carbonyl (C=O) groups excluding carboxylic acids is 1. The van der Waals surface area contributed by atoms with Crippen molar-refractivity contribution < 1.29 is 4.79 Å². The fraction of sp³-hybridized carbons (Fsp3) is 0.278. The molecule has 1 aliphatic carbocycles. The number of nitrogens with two attached hydrogens (primary N) is 1. The number of benzene rings is 1. The fourth-order valence-corrected chi connectivity index (χ4v) is 3.12. The molecule has 0 saturated carbocycles. The van der Waals surface area contributed by atoms with Crippen molar-refractivity contribution in [3.63, 3.8) is 0 Å². The molecular weight excluding hydrogens is 288 g/mol. The molecule has 5 heteroatoms. The fourth-order valence-electron chi connectivity index (χ4n) is 3.12. The summed E-state index contributed by atoms with van der Waals surface area (Å²) in [6.07, 6.45) is 4.02. The summed E-state index contributed by atoms with van der Waals surface area (Å²) in [6.45, 7) is 1.47. The van der Waals surface area contributed by atoms with E-state index in [1.807, 2.05) is 24.3 Å². The maximum Gasteiger partial charge on any atom is 0.221 e. The number of pyridine rings is 1. The zero-order valence-corrected chi connectivity index (χ0v) is 13.0. The molecule has 1 aromatic heterocycles. The lowest BCUT2D eigenvalue weighted by molar-refractivity contribution is -0.114. The molecule has 1 heterocycles. The molecule has 0 radical (unpaired) electrons. The van der Waals surface area contributed by atoms with Gasteiger partial charge in [-0.2, -0.15) is 5.26 Å². The largest absolute Gasteiger partial charge is 0.383 e. The van der Waals surface area contributed by atoms with E-state index in [1.54, 1.807) is 0 Å². The van der Waals surface area contributed by atoms with E-state index in [0.717, 1.165) is 53.8 Å². The van der Waals surface area contributed by atoms with Crippen molar-refractivity contribution in [2.75, 3.05) is 11.1 Å². The first-order chi connectivity index (χ1) is 11.1. The van der Waals surface area contributed by atoms with Crippen molar-refractivity contribution >= 4 is 17.4 Å². The number of aryl methyl sites for hydroxylation is 1. The minimum atomic E-state index is -0.110. The summed E-state index contributed by atoms with van der Waals surface area (Å²) in [5.74, 6) is 0.190. The second-order valence-electron chi connectivity index (χ2n) is 5.75. The molecule has 0 aliphatic heterocycles. The SMILES string of the molecule is CC(=O)Nc1ccc(-c2c(C#N)c(N)nc3c2CCCC3)cc1. The van der Waals surface area contributed by atoms with Crippen molar-refractivity contribution in [3.05, 3.63) is 41.1 Å². The van der Waals surface area contributed by atoms with Gasteiger partial charge in [0.05, 0.1) is 0 Å². The van der Waals surface area contributed by atoms with Gasteiger partial charge < -0.3 is 11.1 Å². The van der Waals surface area contributed by atoms with Crippen LogP contribution >= 0.6 is 0 Å². The van der Waals surface area contributed by atoms with E-state index in [2.05, 4.69) is 16.4 Å². The van der Waals surface area contributed by atoms with Crippen LogP contribution in [0.2, 0.25) is 0 Å². The van der Waals surface area contributed by atoms with Crippen LogP contribution < -0.4 is 11.1 Å². The predicted octanol–water partition coefficient (Wildman–Crippen LogP) is 3.04. The van der Waals surface area contributed by atoms with Crippen molar-refractivity contribution in [2.45, 2.75) is 32.6 Å². The third kappa shape index (κ3) is 2.88. The highest BCUT2D eigenvalue weighted by molar-refractivity contribution is 5.89. The lowest BCUT2D eigenvalue weighted by Crippen LogP contribution is -2.12. The summed E-state index contributed by atoms with van der Waals surface area (Å²) in [5.41, 5.74) is 11.1. The van der Waals surface area contributed by atoms with Crippen LogP contribution in [0.15, 0.2) is 24.3 Å². The first-order valence-electron chi connectivity index (χ1n) is 7.69. The van der Waals surface area contributed by atoms with E-state index in [9.17, 15) is 10.1 Å². The van der Waals surface area contributed by atoms with Gasteiger partial charge in [-0.1, -0.05) is 12.1 Å². The maximum absolute atomic E-state index is 11.1. The number of nitriles is 1. The summed E-state index contributed by atoms with van der Waals surface area (Å²) in [5, 5.41) is 12.3. The standard InChI is InChI=1S/C18H18N4O/c1-11(23)21-13-8-6-12(7-9-13)17-14-4-2-3-5-16(14)22-18(20)15(17)10-19/h6-9H,2-5H2,1H3,(H2,20,22)(H,21,23). The van der Waals surface area contributed by atoms with Gasteiger partial charge in [0.2, 0.25) is 5.91 Å². The van der Waals surface area contributed by atoms with E-state index in [4.69, 9.17) is 5.73 Å². The molecule has 0 spiro atoms. The van der Waals surface area contributed by atoms with Gasteiger partial charge >= 0.3 is 0 Å². The van der Waals surface area contributed by atoms with Crippen molar-refractivity contribution in [1.82, 2.24) is 4.98 Å². The molecule has 0 saturated heterocycles. The Morgan fingerprint density at radius 2 is 1.96 bits per heavy atom. The molecule has 116 valence electrons. The minimum Gasteiger partial charge on any atom is -0.383 e. The Morgan fingerprint density at radius 1 is 1.26 bits per heavy atom. The Kier molecular flexibility index (Phi) is 3.98. The average molecular weight is 306 g/mol. The molecule has 0 atom stereocenters. The number of fused-ring (bicyclic) bond motifs is 1. The van der Waals surface area contributed by atoms with Gasteiger partial charge in [0.1, 0.15) is 17.5 Å². The molecule has 1 aliphatic rings. The second-order valence-corrected chi connectivity index (χ2v) is 5.75. The van der Waals surface area contributed by atoms with Crippen molar-refractivity contribution in [3.8, 4) is 17.2 Å². The van der Waals surface area contributed by atoms with Crippen LogP contribution in [0.4, 0.5) is 11.5 Å². The van der Waals surface area contributed by atoms with E-state index in [-0.39, 0.29) is 5.91 Å². The highest BCUT2D eigenvalue weighted by Gasteiger charge is 2.21. The van der Waals surface area contributed by atoms with Crippen LogP contribution in [0.25, 0.3) is 11.1 Å². The molecule has 0 bridgehead atoms. The lowest BCUT2D eigenvalue weighted by Gasteiger charge is -2.21. The van der Waals surface area contributed by atoms with Gasteiger partial charge in [0.25, 0.3) is 0 Å². The van der Waals surface area contributed by atoms with E-state index < -0.39 is 0 Å². The molecule has 5 nitrogen and oxygen atoms in total. The van der Waals surface area contributed by atoms with E-state index in [1.165, 1.54) is 6.92 Å². The maximum atomic E-state index is 11.1. The van der Waals surface area contributed by atoms with Crippen molar-refractivity contribution in [2.24, 2.45) is 0 Å². The number of nitrogen functional groups attached to an aromatic ring is 1. The molecule has 23 heavy (non-hydrogen) atoms. The molecule has 1 amide bonds. The number of rotatable bonds is 2. The first kappa shape index (κ1) is 15.0. The quantitative estimate of drug-likeness (QED) is 0.892. The molecule has 3 N–H and O–H groups in total. The highest BCUT2D eigenvalue weighted by atomic mass is 16.1. The molecule has 3 rings (SSSR count). The van der Waals surface area contributed by atoms with Crippen LogP contribution in [0.1, 0.15) is 36.6 Å². The van der Waals surface area contributed by atoms with Gasteiger partial charge in [0, 0.05) is 23.9 Å². The number of hydrogen-bond acceptors (Lipinski definition) is 4. The number of carbonyl (C=O) groups is 1. The van der Waals surface area contributed by atoms with E-state index in [0.29, 0.717) is 11.4 Å². The number of nitrogens with zero attached hydrogens (tertiary/aromatic N) is 2. The number of nitrogens with one attached hydrogen (secondary N) is 1. The van der Waals surface area contributed by atoms with Crippen LogP contribution in [0.5, 0.6) is 0 Å². The summed E-state index contributed by atoms with van der Waals surface area (Å²) < 4.78 is 0. The van der Waals surface area contributed by atoms with Crippen molar-refractivity contribution in [1.29, 1.82) is 5.26 Å². The summed E-state index contributed by atoms with van der Waals surface area (Å²) in [4.78, 5) is 15.6. The van der Waals surface area contributed by atoms with Crippen LogP contribution in [-0.4, -0.2) is 10.9 Å². The third-order valence-corrected chi connectivity index (χ3v) is 4.11. The van der Waals surface area contributed by atoms with E-state index >= 15 is 0 Å². The van der Waals surface area contributed by atoms with Crippen LogP contribution in [0, 0.1) is 11.3 Å². The molecule has 1 aromatic carbocycles. The number of hydrogen-bond donors (Lipinski definition) is 2. The molecule has 0 unspecified atom stereocenters. The third-order valence-electron chi connectivity index (χ3n) is 4.11. The molecule has 0 fully saturated rings. The highest BCUT2D eigenvalue weighted by Crippen LogP contribution is 2.36. The zero-order valence-electron chi connectivity index (χ0n) is 13.0. The van der Waals surface area contributed by atoms with Gasteiger partial charge in [-0.25, -0.2) is 4.98 Å². The Morgan fingerprint density at radius 3 is 2.61 bits per heavy atom. The topological polar surface area (TPSA) is 91.8 Å². The smallest absolute Gasteiger partial charge is 0.221 e. The first-order valence-corrected chi connectivity index (χ1v) is 7.69. The zero-order chi connectivity index (χ0) is 16.4. The summed E-state index contributed by atoms with van der Waals surface area (Å²) in [7, 11) is 0. The second kappa shape index (κ2) is 6.09. The van der Waals surface area contributed by atoms with Gasteiger partial charge in [-0.15, -0.1) is 0 Å². The Balaban J connectivity index is 2.13. The molecular formula is C18H18N4O. The number of anilines is 2. The summed E-state index contributed by atoms with van der Waals surface area (Å²) in [6, 6.07) is 9.70. The monoisotopic (exact) mass is 306 g/mol. The van der Waals surface area contributed by atoms with Gasteiger partial charge in [0.15, 0.2) is 0 Å². The molecule has 2 aromatic rings. The van der Waals surface area contributed by atoms with Gasteiger partial charge in [-0.05, 0) is 48.9 Å². The average Bonchev–Trinajstić information content (AvgIpc) is 2.54. The van der Waals surface area contributed by atoms with Crippen LogP contribution in [0.3, 0.4) is 0 Å². The minimum absolute atomic E-state index is 0.110. The Bertz CT molecular complexity index is 803. The number of amides is 1. The Hall–Kier alpha value is -2.87. The summed E-state index contributed by atoms with van der Waals surface area (Å²) >= 11 is 0.